The van der Waals surface area contributed by atoms with Gasteiger partial charge >= 0.3 is 0 Å². The van der Waals surface area contributed by atoms with E-state index >= 15 is 0 Å². The van der Waals surface area contributed by atoms with Crippen molar-refractivity contribution in [3.05, 3.63) is 88.0 Å². The summed E-state index contributed by atoms with van der Waals surface area (Å²) in [4.78, 5) is 27.4. The highest BCUT2D eigenvalue weighted by atomic mass is 16.5. The predicted octanol–water partition coefficient (Wildman–Crippen LogP) is 3.36. The second-order valence-corrected chi connectivity index (χ2v) is 9.20. The minimum atomic E-state index is -0.148. The van der Waals surface area contributed by atoms with Gasteiger partial charge in [-0.25, -0.2) is 19.5 Å². The summed E-state index contributed by atoms with van der Waals surface area (Å²) >= 11 is 0. The minimum Gasteiger partial charge on any atom is -0.491 e. The van der Waals surface area contributed by atoms with Crippen LogP contribution in [0, 0.1) is 6.92 Å². The molecule has 5 rings (SSSR count). The smallest absolute Gasteiger partial charge is 0.264 e. The number of allylic oxidation sites excluding steroid dienone is 2. The van der Waals surface area contributed by atoms with Gasteiger partial charge in [0.25, 0.3) is 5.56 Å². The van der Waals surface area contributed by atoms with Crippen molar-refractivity contribution in [1.29, 1.82) is 0 Å². The number of dihydropyridines is 1. The molecule has 1 aliphatic rings. The molecule has 1 aromatic carbocycles. The van der Waals surface area contributed by atoms with Crippen LogP contribution in [0.3, 0.4) is 0 Å². The SMILES string of the molecule is CCCCc1nc(C)n(-c2ncc(OCC)cn2)c(=O)c1CC1C=CC(c2ccccc2-c2nn[nH]n2)=CN1. The fourth-order valence-corrected chi connectivity index (χ4v) is 4.62. The Bertz CT molecular complexity index is 1540. The van der Waals surface area contributed by atoms with Crippen LogP contribution in [0.4, 0.5) is 0 Å². The van der Waals surface area contributed by atoms with Gasteiger partial charge in [0.2, 0.25) is 11.8 Å². The normalized spacial score (nSPS) is 14.6. The lowest BCUT2D eigenvalue weighted by Gasteiger charge is -2.21. The molecule has 1 atom stereocenters. The molecule has 4 heterocycles. The molecule has 0 fully saturated rings. The van der Waals surface area contributed by atoms with Crippen LogP contribution < -0.4 is 15.6 Å². The van der Waals surface area contributed by atoms with Crippen LogP contribution in [0.1, 0.15) is 49.3 Å². The lowest BCUT2D eigenvalue weighted by Crippen LogP contribution is -2.34. The van der Waals surface area contributed by atoms with Crippen LogP contribution >= 0.6 is 0 Å². The molecule has 0 radical (unpaired) electrons. The number of aromatic amines is 1. The first-order valence-corrected chi connectivity index (χ1v) is 13.1. The van der Waals surface area contributed by atoms with Gasteiger partial charge in [0.1, 0.15) is 5.82 Å². The van der Waals surface area contributed by atoms with E-state index in [9.17, 15) is 4.79 Å². The van der Waals surface area contributed by atoms with Gasteiger partial charge in [0.15, 0.2) is 5.75 Å². The maximum Gasteiger partial charge on any atom is 0.264 e. The number of rotatable bonds is 10. The van der Waals surface area contributed by atoms with E-state index < -0.39 is 0 Å². The summed E-state index contributed by atoms with van der Waals surface area (Å²) in [5.74, 6) is 1.93. The molecular weight excluding hydrogens is 494 g/mol. The number of benzene rings is 1. The molecule has 39 heavy (non-hydrogen) atoms. The van der Waals surface area contributed by atoms with Gasteiger partial charge in [0.05, 0.1) is 24.7 Å². The largest absolute Gasteiger partial charge is 0.491 e. The second-order valence-electron chi connectivity index (χ2n) is 9.20. The van der Waals surface area contributed by atoms with E-state index in [0.717, 1.165) is 41.7 Å². The molecule has 11 heteroatoms. The lowest BCUT2D eigenvalue weighted by atomic mass is 9.95. The summed E-state index contributed by atoms with van der Waals surface area (Å²) in [6, 6.07) is 7.82. The zero-order chi connectivity index (χ0) is 27.2. The Morgan fingerprint density at radius 1 is 1.10 bits per heavy atom. The first-order chi connectivity index (χ1) is 19.1. The van der Waals surface area contributed by atoms with E-state index in [4.69, 9.17) is 9.72 Å². The highest BCUT2D eigenvalue weighted by Gasteiger charge is 2.21. The van der Waals surface area contributed by atoms with Crippen LogP contribution in [0.15, 0.2) is 59.8 Å². The Morgan fingerprint density at radius 2 is 1.90 bits per heavy atom. The van der Waals surface area contributed by atoms with Crippen molar-refractivity contribution >= 4 is 5.57 Å². The van der Waals surface area contributed by atoms with E-state index in [1.54, 1.807) is 12.4 Å². The van der Waals surface area contributed by atoms with E-state index in [0.29, 0.717) is 36.0 Å². The topological polar surface area (TPSA) is 136 Å². The molecule has 2 N–H and O–H groups in total. The number of H-pyrrole nitrogens is 1. The van der Waals surface area contributed by atoms with Gasteiger partial charge in [-0.2, -0.15) is 5.21 Å². The second kappa shape index (κ2) is 11.8. The number of unbranched alkanes of at least 4 members (excludes halogenated alkanes) is 1. The van der Waals surface area contributed by atoms with Crippen molar-refractivity contribution in [2.24, 2.45) is 0 Å². The van der Waals surface area contributed by atoms with Gasteiger partial charge in [-0.05, 0) is 43.0 Å². The number of nitrogens with zero attached hydrogens (tertiary/aromatic N) is 7. The Labute approximate surface area is 226 Å². The molecule has 1 unspecified atom stereocenters. The van der Waals surface area contributed by atoms with Gasteiger partial charge in [-0.15, -0.1) is 10.2 Å². The fourth-order valence-electron chi connectivity index (χ4n) is 4.62. The first kappa shape index (κ1) is 26.0. The minimum absolute atomic E-state index is 0.0848. The average molecular weight is 526 g/mol. The number of hydrogen-bond acceptors (Lipinski definition) is 9. The molecule has 0 aliphatic carbocycles. The Kier molecular flexibility index (Phi) is 7.86. The first-order valence-electron chi connectivity index (χ1n) is 13.1. The van der Waals surface area contributed by atoms with E-state index in [-0.39, 0.29) is 17.5 Å². The highest BCUT2D eigenvalue weighted by Crippen LogP contribution is 2.28. The maximum absolute atomic E-state index is 13.8. The summed E-state index contributed by atoms with van der Waals surface area (Å²) in [7, 11) is 0. The number of tetrazole rings is 1. The zero-order valence-corrected chi connectivity index (χ0v) is 22.3. The van der Waals surface area contributed by atoms with Crippen LogP contribution in [0.25, 0.3) is 22.9 Å². The van der Waals surface area contributed by atoms with Crippen LogP contribution in [-0.2, 0) is 12.8 Å². The number of ether oxygens (including phenoxy) is 1. The molecular formula is C28H31N9O2. The Balaban J connectivity index is 1.43. The molecule has 0 amide bonds. The Hall–Kier alpha value is -4.67. The monoisotopic (exact) mass is 525 g/mol. The van der Waals surface area contributed by atoms with Crippen molar-refractivity contribution < 1.29 is 4.74 Å². The third-order valence-corrected chi connectivity index (χ3v) is 6.53. The van der Waals surface area contributed by atoms with Crippen molar-refractivity contribution in [3.8, 4) is 23.1 Å². The van der Waals surface area contributed by atoms with Crippen molar-refractivity contribution in [2.45, 2.75) is 52.5 Å². The predicted molar refractivity (Wildman–Crippen MR) is 147 cm³/mol. The van der Waals surface area contributed by atoms with Crippen molar-refractivity contribution in [2.75, 3.05) is 6.61 Å². The maximum atomic E-state index is 13.8. The van der Waals surface area contributed by atoms with Crippen LogP contribution in [0.2, 0.25) is 0 Å². The quantitative estimate of drug-likeness (QED) is 0.319. The molecule has 0 saturated carbocycles. The summed E-state index contributed by atoms with van der Waals surface area (Å²) in [6.07, 6.45) is 12.4. The molecule has 200 valence electrons. The number of hydrogen-bond donors (Lipinski definition) is 2. The lowest BCUT2D eigenvalue weighted by molar-refractivity contribution is 0.337. The van der Waals surface area contributed by atoms with Crippen molar-refractivity contribution in [1.82, 2.24) is 45.5 Å². The van der Waals surface area contributed by atoms with E-state index in [1.165, 1.54) is 4.57 Å². The summed E-state index contributed by atoms with van der Waals surface area (Å²) in [5.41, 5.74) is 4.19. The zero-order valence-electron chi connectivity index (χ0n) is 22.3. The third-order valence-electron chi connectivity index (χ3n) is 6.53. The number of aromatic nitrogens is 8. The standard InChI is InChI=1S/C28H31N9O2/c1-4-6-11-25-24(27(38)37(18(3)32-25)28-30-16-21(17-31-28)39-5-2)14-20-13-12-19(15-29-20)22-9-7-8-10-23(22)26-33-35-36-34-26/h7-10,12-13,15-17,20,29H,4-6,11,14H2,1-3H3,(H,33,34,35,36). The van der Waals surface area contributed by atoms with E-state index in [1.807, 2.05) is 44.3 Å². The molecule has 0 spiro atoms. The number of aryl methyl sites for hydroxylation is 2. The third kappa shape index (κ3) is 5.62. The van der Waals surface area contributed by atoms with Gasteiger partial charge in [-0.1, -0.05) is 49.8 Å². The summed E-state index contributed by atoms with van der Waals surface area (Å²) < 4.78 is 6.93. The fraction of sp³-hybridized carbons (Fsp3) is 0.321. The summed E-state index contributed by atoms with van der Waals surface area (Å²) in [6.45, 7) is 6.35. The van der Waals surface area contributed by atoms with Crippen LogP contribution in [0.5, 0.6) is 5.75 Å². The molecule has 3 aromatic heterocycles. The molecule has 0 bridgehead atoms. The van der Waals surface area contributed by atoms with Crippen molar-refractivity contribution in [3.63, 3.8) is 0 Å². The van der Waals surface area contributed by atoms with Gasteiger partial charge < -0.3 is 10.1 Å². The van der Waals surface area contributed by atoms with Gasteiger partial charge in [-0.3, -0.25) is 4.79 Å². The molecule has 0 saturated heterocycles. The van der Waals surface area contributed by atoms with Gasteiger partial charge in [0, 0.05) is 29.8 Å². The highest BCUT2D eigenvalue weighted by molar-refractivity contribution is 5.84. The number of nitrogens with one attached hydrogen (secondary N) is 2. The molecule has 1 aliphatic heterocycles. The average Bonchev–Trinajstić information content (AvgIpc) is 3.50. The van der Waals surface area contributed by atoms with Crippen LogP contribution in [-0.4, -0.2) is 52.8 Å². The molecule has 4 aromatic rings. The molecule has 11 nitrogen and oxygen atoms in total. The Morgan fingerprint density at radius 3 is 2.56 bits per heavy atom. The summed E-state index contributed by atoms with van der Waals surface area (Å²) in [5, 5.41) is 17.9. The van der Waals surface area contributed by atoms with E-state index in [2.05, 4.69) is 55.0 Å².